The molecule has 1 aromatic carbocycles. The van der Waals surface area contributed by atoms with E-state index in [4.69, 9.17) is 10.7 Å². The molecular formula is C15H19N3. The average molecular weight is 241 g/mol. The highest BCUT2D eigenvalue weighted by Gasteiger charge is 2.30. The van der Waals surface area contributed by atoms with E-state index in [0.717, 1.165) is 17.3 Å². The summed E-state index contributed by atoms with van der Waals surface area (Å²) in [6, 6.07) is 10.8. The van der Waals surface area contributed by atoms with Crippen molar-refractivity contribution in [3.63, 3.8) is 0 Å². The molecule has 1 aliphatic carbocycles. The molecule has 0 spiro atoms. The Labute approximate surface area is 107 Å². The minimum Gasteiger partial charge on any atom is -0.366 e. The van der Waals surface area contributed by atoms with E-state index in [2.05, 4.69) is 30.4 Å². The zero-order chi connectivity index (χ0) is 12.5. The molecule has 3 heteroatoms. The van der Waals surface area contributed by atoms with Crippen LogP contribution in [0.5, 0.6) is 0 Å². The van der Waals surface area contributed by atoms with Gasteiger partial charge in [-0.05, 0) is 43.4 Å². The third-order valence-corrected chi connectivity index (χ3v) is 3.68. The van der Waals surface area contributed by atoms with Crippen molar-refractivity contribution in [1.29, 1.82) is 0 Å². The number of anilines is 1. The van der Waals surface area contributed by atoms with Crippen LogP contribution in [0.2, 0.25) is 0 Å². The SMILES string of the molecule is Cc1cc2ccccc2nc1NC(CN)C1CC1. The van der Waals surface area contributed by atoms with Gasteiger partial charge >= 0.3 is 0 Å². The normalized spacial score (nSPS) is 16.8. The van der Waals surface area contributed by atoms with Crippen molar-refractivity contribution in [3.05, 3.63) is 35.9 Å². The Morgan fingerprint density at radius 3 is 2.89 bits per heavy atom. The predicted octanol–water partition coefficient (Wildman–Crippen LogP) is 2.69. The third kappa shape index (κ3) is 2.18. The molecule has 0 bridgehead atoms. The molecule has 1 aliphatic rings. The maximum atomic E-state index is 5.83. The van der Waals surface area contributed by atoms with E-state index >= 15 is 0 Å². The predicted molar refractivity (Wildman–Crippen MR) is 75.7 cm³/mol. The summed E-state index contributed by atoms with van der Waals surface area (Å²) in [6.07, 6.45) is 2.59. The lowest BCUT2D eigenvalue weighted by Gasteiger charge is -2.18. The first-order valence-electron chi connectivity index (χ1n) is 6.61. The molecule has 1 atom stereocenters. The molecule has 3 nitrogen and oxygen atoms in total. The Morgan fingerprint density at radius 2 is 2.17 bits per heavy atom. The first-order chi connectivity index (χ1) is 8.78. The third-order valence-electron chi connectivity index (χ3n) is 3.68. The van der Waals surface area contributed by atoms with Gasteiger partial charge < -0.3 is 11.1 Å². The van der Waals surface area contributed by atoms with Gasteiger partial charge in [-0.3, -0.25) is 0 Å². The minimum absolute atomic E-state index is 0.373. The van der Waals surface area contributed by atoms with Crippen LogP contribution in [0.1, 0.15) is 18.4 Å². The molecule has 1 fully saturated rings. The van der Waals surface area contributed by atoms with Gasteiger partial charge in [0.1, 0.15) is 5.82 Å². The van der Waals surface area contributed by atoms with Crippen LogP contribution < -0.4 is 11.1 Å². The van der Waals surface area contributed by atoms with Gasteiger partial charge in [0, 0.05) is 18.0 Å². The van der Waals surface area contributed by atoms with Gasteiger partial charge in [0.05, 0.1) is 5.52 Å². The van der Waals surface area contributed by atoms with Crippen LogP contribution in [0.3, 0.4) is 0 Å². The van der Waals surface area contributed by atoms with Gasteiger partial charge in [0.25, 0.3) is 0 Å². The Kier molecular flexibility index (Phi) is 2.92. The highest BCUT2D eigenvalue weighted by atomic mass is 15.0. The van der Waals surface area contributed by atoms with E-state index in [1.165, 1.54) is 23.8 Å². The molecule has 1 aromatic heterocycles. The maximum Gasteiger partial charge on any atom is 0.129 e. The number of nitrogens with two attached hydrogens (primary N) is 1. The number of para-hydroxylation sites is 1. The first kappa shape index (κ1) is 11.5. The zero-order valence-corrected chi connectivity index (χ0v) is 10.7. The van der Waals surface area contributed by atoms with Gasteiger partial charge in [-0.25, -0.2) is 4.98 Å². The second-order valence-electron chi connectivity index (χ2n) is 5.17. The maximum absolute atomic E-state index is 5.83. The molecule has 94 valence electrons. The van der Waals surface area contributed by atoms with Gasteiger partial charge in [0.2, 0.25) is 0 Å². The van der Waals surface area contributed by atoms with Crippen molar-refractivity contribution in [2.45, 2.75) is 25.8 Å². The molecule has 1 saturated carbocycles. The second kappa shape index (κ2) is 4.58. The number of nitrogens with one attached hydrogen (secondary N) is 1. The summed E-state index contributed by atoms with van der Waals surface area (Å²) in [7, 11) is 0. The van der Waals surface area contributed by atoms with Crippen LogP contribution >= 0.6 is 0 Å². The fraction of sp³-hybridized carbons (Fsp3) is 0.400. The van der Waals surface area contributed by atoms with E-state index in [-0.39, 0.29) is 0 Å². The number of aryl methyl sites for hydroxylation is 1. The lowest BCUT2D eigenvalue weighted by molar-refractivity contribution is 0.642. The topological polar surface area (TPSA) is 50.9 Å². The Balaban J connectivity index is 1.92. The summed E-state index contributed by atoms with van der Waals surface area (Å²) >= 11 is 0. The number of nitrogens with zero attached hydrogens (tertiary/aromatic N) is 1. The molecule has 3 N–H and O–H groups in total. The fourth-order valence-electron chi connectivity index (χ4n) is 2.41. The fourth-order valence-corrected chi connectivity index (χ4v) is 2.41. The molecule has 3 rings (SSSR count). The quantitative estimate of drug-likeness (QED) is 0.865. The van der Waals surface area contributed by atoms with Crippen molar-refractivity contribution in [3.8, 4) is 0 Å². The molecule has 0 amide bonds. The van der Waals surface area contributed by atoms with Crippen LogP contribution in [0.15, 0.2) is 30.3 Å². The number of hydrogen-bond donors (Lipinski definition) is 2. The molecule has 18 heavy (non-hydrogen) atoms. The number of aromatic nitrogens is 1. The monoisotopic (exact) mass is 241 g/mol. The van der Waals surface area contributed by atoms with Gasteiger partial charge in [0.15, 0.2) is 0 Å². The summed E-state index contributed by atoms with van der Waals surface area (Å²) in [5.74, 6) is 1.72. The second-order valence-corrected chi connectivity index (χ2v) is 5.17. The Hall–Kier alpha value is -1.61. The van der Waals surface area contributed by atoms with Crippen molar-refractivity contribution in [2.24, 2.45) is 11.7 Å². The summed E-state index contributed by atoms with van der Waals surface area (Å²) in [6.45, 7) is 2.78. The molecule has 2 aromatic rings. The van der Waals surface area contributed by atoms with Gasteiger partial charge in [-0.1, -0.05) is 18.2 Å². The van der Waals surface area contributed by atoms with Crippen LogP contribution in [0.25, 0.3) is 10.9 Å². The Morgan fingerprint density at radius 1 is 1.39 bits per heavy atom. The molecule has 1 unspecified atom stereocenters. The van der Waals surface area contributed by atoms with Crippen LogP contribution in [0, 0.1) is 12.8 Å². The highest BCUT2D eigenvalue weighted by molar-refractivity contribution is 5.81. The van der Waals surface area contributed by atoms with E-state index < -0.39 is 0 Å². The summed E-state index contributed by atoms with van der Waals surface area (Å²) in [5, 5.41) is 4.71. The number of hydrogen-bond acceptors (Lipinski definition) is 3. The lowest BCUT2D eigenvalue weighted by Crippen LogP contribution is -2.31. The van der Waals surface area contributed by atoms with E-state index in [1.807, 2.05) is 12.1 Å². The zero-order valence-electron chi connectivity index (χ0n) is 10.7. The summed E-state index contributed by atoms with van der Waals surface area (Å²) < 4.78 is 0. The molecule has 0 aliphatic heterocycles. The highest BCUT2D eigenvalue weighted by Crippen LogP contribution is 2.34. The molecular weight excluding hydrogens is 222 g/mol. The van der Waals surface area contributed by atoms with Crippen molar-refractivity contribution >= 4 is 16.7 Å². The standard InChI is InChI=1S/C15H19N3/c1-10-8-12-4-2-3-5-13(12)17-15(10)18-14(9-16)11-6-7-11/h2-5,8,11,14H,6-7,9,16H2,1H3,(H,17,18). The molecule has 0 saturated heterocycles. The van der Waals surface area contributed by atoms with Crippen LogP contribution in [0.4, 0.5) is 5.82 Å². The average Bonchev–Trinajstić information content (AvgIpc) is 3.20. The van der Waals surface area contributed by atoms with Gasteiger partial charge in [-0.15, -0.1) is 0 Å². The number of benzene rings is 1. The minimum atomic E-state index is 0.373. The van der Waals surface area contributed by atoms with Gasteiger partial charge in [-0.2, -0.15) is 0 Å². The van der Waals surface area contributed by atoms with Crippen molar-refractivity contribution < 1.29 is 0 Å². The molecule has 1 heterocycles. The molecule has 0 radical (unpaired) electrons. The number of fused-ring (bicyclic) bond motifs is 1. The summed E-state index contributed by atoms with van der Waals surface area (Å²) in [4.78, 5) is 4.71. The van der Waals surface area contributed by atoms with E-state index in [1.54, 1.807) is 0 Å². The lowest BCUT2D eigenvalue weighted by atomic mass is 10.1. The largest absolute Gasteiger partial charge is 0.366 e. The number of rotatable bonds is 4. The smallest absolute Gasteiger partial charge is 0.129 e. The Bertz CT molecular complexity index is 561. The summed E-state index contributed by atoms with van der Waals surface area (Å²) in [5.41, 5.74) is 8.06. The first-order valence-corrected chi connectivity index (χ1v) is 6.61. The van der Waals surface area contributed by atoms with Crippen LogP contribution in [-0.2, 0) is 0 Å². The van der Waals surface area contributed by atoms with Crippen molar-refractivity contribution in [1.82, 2.24) is 4.98 Å². The van der Waals surface area contributed by atoms with E-state index in [9.17, 15) is 0 Å². The van der Waals surface area contributed by atoms with Crippen molar-refractivity contribution in [2.75, 3.05) is 11.9 Å². The number of pyridine rings is 1. The van der Waals surface area contributed by atoms with Crippen LogP contribution in [-0.4, -0.2) is 17.6 Å². The van der Waals surface area contributed by atoms with E-state index in [0.29, 0.717) is 12.6 Å².